The summed E-state index contributed by atoms with van der Waals surface area (Å²) < 4.78 is 18.8. The van der Waals surface area contributed by atoms with Crippen LogP contribution in [0.2, 0.25) is 0 Å². The van der Waals surface area contributed by atoms with Gasteiger partial charge in [0.25, 0.3) is 0 Å². The number of hydrogen-bond donors (Lipinski definition) is 0. The van der Waals surface area contributed by atoms with Crippen LogP contribution < -0.4 is 4.90 Å². The molecule has 0 spiro atoms. The molecule has 0 N–H and O–H groups in total. The van der Waals surface area contributed by atoms with E-state index in [0.29, 0.717) is 5.92 Å². The van der Waals surface area contributed by atoms with Crippen molar-refractivity contribution in [3.05, 3.63) is 35.6 Å². The average Bonchev–Trinajstić information content (AvgIpc) is 2.90. The van der Waals surface area contributed by atoms with Gasteiger partial charge in [0.05, 0.1) is 12.1 Å². The molecule has 2 heterocycles. The first-order valence-corrected chi connectivity index (χ1v) is 6.99. The number of halogens is 1. The van der Waals surface area contributed by atoms with Gasteiger partial charge in [0.1, 0.15) is 11.6 Å². The maximum absolute atomic E-state index is 13.4. The molecule has 0 saturated carbocycles. The predicted molar refractivity (Wildman–Crippen MR) is 78.6 cm³/mol. The van der Waals surface area contributed by atoms with Crippen LogP contribution in [0.25, 0.3) is 10.9 Å². The molecule has 1 aliphatic rings. The molecule has 1 aromatic heterocycles. The van der Waals surface area contributed by atoms with Gasteiger partial charge in [-0.25, -0.2) is 9.37 Å². The predicted octanol–water partition coefficient (Wildman–Crippen LogP) is 3.16. The van der Waals surface area contributed by atoms with Crippen molar-refractivity contribution < 1.29 is 9.13 Å². The van der Waals surface area contributed by atoms with E-state index in [2.05, 4.69) is 16.0 Å². The monoisotopic (exact) mass is 274 g/mol. The van der Waals surface area contributed by atoms with Crippen LogP contribution in [0.4, 0.5) is 10.2 Å². The number of aromatic nitrogens is 1. The summed E-state index contributed by atoms with van der Waals surface area (Å²) in [6.07, 6.45) is 1.10. The van der Waals surface area contributed by atoms with Crippen molar-refractivity contribution in [2.45, 2.75) is 13.3 Å². The number of anilines is 1. The summed E-state index contributed by atoms with van der Waals surface area (Å²) in [6, 6.07) is 6.84. The summed E-state index contributed by atoms with van der Waals surface area (Å²) in [5.74, 6) is 1.21. The van der Waals surface area contributed by atoms with Crippen LogP contribution in [0.1, 0.15) is 12.0 Å². The topological polar surface area (TPSA) is 25.4 Å². The second kappa shape index (κ2) is 5.37. The van der Waals surface area contributed by atoms with E-state index in [1.165, 1.54) is 12.1 Å². The number of fused-ring (bicyclic) bond motifs is 1. The zero-order chi connectivity index (χ0) is 14.1. The molecule has 0 radical (unpaired) electrons. The van der Waals surface area contributed by atoms with Gasteiger partial charge in [0.2, 0.25) is 0 Å². The molecular weight excluding hydrogens is 255 g/mol. The highest BCUT2D eigenvalue weighted by molar-refractivity contribution is 5.83. The van der Waals surface area contributed by atoms with Gasteiger partial charge in [-0.05, 0) is 37.1 Å². The van der Waals surface area contributed by atoms with Crippen molar-refractivity contribution in [1.82, 2.24) is 4.98 Å². The molecule has 1 aliphatic heterocycles. The van der Waals surface area contributed by atoms with Crippen LogP contribution in [0.15, 0.2) is 24.3 Å². The summed E-state index contributed by atoms with van der Waals surface area (Å²) in [7, 11) is 2.03. The van der Waals surface area contributed by atoms with E-state index in [4.69, 9.17) is 4.74 Å². The minimum Gasteiger partial charge on any atom is -0.381 e. The second-order valence-electron chi connectivity index (χ2n) is 5.57. The third kappa shape index (κ3) is 2.61. The van der Waals surface area contributed by atoms with Gasteiger partial charge in [-0.3, -0.25) is 0 Å². The average molecular weight is 274 g/mol. The molecule has 1 saturated heterocycles. The highest BCUT2D eigenvalue weighted by atomic mass is 19.1. The molecule has 3 nitrogen and oxygen atoms in total. The Labute approximate surface area is 118 Å². The third-order valence-corrected chi connectivity index (χ3v) is 3.91. The van der Waals surface area contributed by atoms with Gasteiger partial charge in [0.15, 0.2) is 0 Å². The molecule has 1 atom stereocenters. The fraction of sp³-hybridized carbons (Fsp3) is 0.438. The van der Waals surface area contributed by atoms with Gasteiger partial charge in [0, 0.05) is 37.6 Å². The van der Waals surface area contributed by atoms with E-state index in [0.717, 1.165) is 48.5 Å². The van der Waals surface area contributed by atoms with Crippen molar-refractivity contribution in [2.24, 2.45) is 5.92 Å². The first-order chi connectivity index (χ1) is 9.63. The standard InChI is InChI=1S/C16H19FN2O/c1-11-7-16(19(2)9-12-5-6-20-10-12)18-15-8-13(17)3-4-14(11)15/h3-4,7-8,12H,5-6,9-10H2,1-2H3/t12-/m1/s1. The lowest BCUT2D eigenvalue weighted by Gasteiger charge is -2.22. The van der Waals surface area contributed by atoms with Gasteiger partial charge >= 0.3 is 0 Å². The lowest BCUT2D eigenvalue weighted by molar-refractivity contribution is 0.186. The van der Waals surface area contributed by atoms with E-state index in [1.54, 1.807) is 6.07 Å². The van der Waals surface area contributed by atoms with Crippen LogP contribution in [-0.4, -0.2) is 31.8 Å². The number of pyridine rings is 1. The maximum Gasteiger partial charge on any atom is 0.129 e. The molecule has 3 rings (SSSR count). The molecule has 0 amide bonds. The fourth-order valence-corrected chi connectivity index (χ4v) is 2.76. The van der Waals surface area contributed by atoms with E-state index in [9.17, 15) is 4.39 Å². The van der Waals surface area contributed by atoms with Crippen LogP contribution in [-0.2, 0) is 4.74 Å². The summed E-state index contributed by atoms with van der Waals surface area (Å²) >= 11 is 0. The molecule has 4 heteroatoms. The fourth-order valence-electron chi connectivity index (χ4n) is 2.76. The molecule has 20 heavy (non-hydrogen) atoms. The molecule has 2 aromatic rings. The summed E-state index contributed by atoms with van der Waals surface area (Å²) in [5, 5.41) is 1.01. The Hall–Kier alpha value is -1.68. The highest BCUT2D eigenvalue weighted by Gasteiger charge is 2.18. The van der Waals surface area contributed by atoms with Gasteiger partial charge < -0.3 is 9.64 Å². The molecular formula is C16H19FN2O. The minimum atomic E-state index is -0.242. The van der Waals surface area contributed by atoms with Gasteiger partial charge in [-0.15, -0.1) is 0 Å². The Balaban J connectivity index is 1.90. The molecule has 0 bridgehead atoms. The van der Waals surface area contributed by atoms with Crippen LogP contribution in [0.5, 0.6) is 0 Å². The molecule has 0 unspecified atom stereocenters. The summed E-state index contributed by atoms with van der Waals surface area (Å²) in [4.78, 5) is 6.72. The zero-order valence-electron chi connectivity index (χ0n) is 11.9. The van der Waals surface area contributed by atoms with E-state index in [-0.39, 0.29) is 5.82 Å². The first-order valence-electron chi connectivity index (χ1n) is 6.99. The second-order valence-corrected chi connectivity index (χ2v) is 5.57. The maximum atomic E-state index is 13.4. The summed E-state index contributed by atoms with van der Waals surface area (Å²) in [6.45, 7) is 4.64. The van der Waals surface area contributed by atoms with Crippen molar-refractivity contribution in [3.63, 3.8) is 0 Å². The number of ether oxygens (including phenoxy) is 1. The number of aryl methyl sites for hydroxylation is 1. The van der Waals surface area contributed by atoms with E-state index in [1.807, 2.05) is 14.0 Å². The van der Waals surface area contributed by atoms with Crippen molar-refractivity contribution >= 4 is 16.7 Å². The third-order valence-electron chi connectivity index (χ3n) is 3.91. The lowest BCUT2D eigenvalue weighted by atomic mass is 10.1. The smallest absolute Gasteiger partial charge is 0.129 e. The number of benzene rings is 1. The van der Waals surface area contributed by atoms with Gasteiger partial charge in [-0.2, -0.15) is 0 Å². The van der Waals surface area contributed by atoms with Crippen LogP contribution >= 0.6 is 0 Å². The molecule has 1 aromatic carbocycles. The SMILES string of the molecule is Cc1cc(N(C)C[C@H]2CCOC2)nc2cc(F)ccc12. The molecule has 1 fully saturated rings. The van der Waals surface area contributed by atoms with Gasteiger partial charge in [-0.1, -0.05) is 0 Å². The quantitative estimate of drug-likeness (QED) is 0.859. The number of hydrogen-bond acceptors (Lipinski definition) is 3. The zero-order valence-corrected chi connectivity index (χ0v) is 11.9. The first kappa shape index (κ1) is 13.3. The lowest BCUT2D eigenvalue weighted by Crippen LogP contribution is -2.26. The van der Waals surface area contributed by atoms with Crippen molar-refractivity contribution in [1.29, 1.82) is 0 Å². The van der Waals surface area contributed by atoms with E-state index < -0.39 is 0 Å². The Morgan fingerprint density at radius 3 is 3.00 bits per heavy atom. The van der Waals surface area contributed by atoms with Crippen molar-refractivity contribution in [2.75, 3.05) is 31.7 Å². The Morgan fingerprint density at radius 1 is 1.40 bits per heavy atom. The Kier molecular flexibility index (Phi) is 3.57. The number of rotatable bonds is 3. The Bertz CT molecular complexity index is 623. The number of nitrogens with zero attached hydrogens (tertiary/aromatic N) is 2. The highest BCUT2D eigenvalue weighted by Crippen LogP contribution is 2.24. The van der Waals surface area contributed by atoms with Crippen molar-refractivity contribution in [3.8, 4) is 0 Å². The van der Waals surface area contributed by atoms with E-state index >= 15 is 0 Å². The van der Waals surface area contributed by atoms with Crippen LogP contribution in [0.3, 0.4) is 0 Å². The minimum absolute atomic E-state index is 0.242. The normalized spacial score (nSPS) is 18.6. The molecule has 0 aliphatic carbocycles. The largest absolute Gasteiger partial charge is 0.381 e. The Morgan fingerprint density at radius 2 is 2.25 bits per heavy atom. The molecule has 106 valence electrons. The summed E-state index contributed by atoms with van der Waals surface area (Å²) in [5.41, 5.74) is 1.84. The van der Waals surface area contributed by atoms with Crippen LogP contribution in [0, 0.1) is 18.7 Å².